The number of benzene rings is 3. The lowest BCUT2D eigenvalue weighted by molar-refractivity contribution is 0.0618. The lowest BCUT2D eigenvalue weighted by Crippen LogP contribution is -2.43. The number of nitrogens with one attached hydrogen (secondary N) is 1. The van der Waals surface area contributed by atoms with E-state index in [1.807, 2.05) is 61.5 Å². The minimum atomic E-state index is -3.01. The lowest BCUT2D eigenvalue weighted by atomic mass is 10.1. The first-order chi connectivity index (χ1) is 13.5. The number of rotatable bonds is 5. The van der Waals surface area contributed by atoms with Gasteiger partial charge in [0.05, 0.1) is 11.1 Å². The first-order valence-corrected chi connectivity index (χ1v) is 11.4. The van der Waals surface area contributed by atoms with Crippen molar-refractivity contribution in [2.75, 3.05) is 0 Å². The van der Waals surface area contributed by atoms with Crippen LogP contribution in [0, 0.1) is 6.92 Å². The third-order valence-electron chi connectivity index (χ3n) is 4.44. The quantitative estimate of drug-likeness (QED) is 0.514. The minimum Gasteiger partial charge on any atom is -0.447 e. The maximum Gasteiger partial charge on any atom is 0.276 e. The predicted molar refractivity (Wildman–Crippen MR) is 112 cm³/mol. The number of para-hydroxylation sites is 1. The second-order valence-electron chi connectivity index (χ2n) is 6.34. The molecule has 5 nitrogen and oxygen atoms in total. The Morgan fingerprint density at radius 1 is 0.821 bits per heavy atom. The molecule has 28 heavy (non-hydrogen) atoms. The minimum absolute atomic E-state index is 0.352. The molecule has 1 N–H and O–H groups in total. The lowest BCUT2D eigenvalue weighted by Gasteiger charge is -2.29. The van der Waals surface area contributed by atoms with Crippen molar-refractivity contribution >= 4 is 35.3 Å². The first kappa shape index (κ1) is 18.6. The molecular weight excluding hydrogens is 391 g/mol. The molecule has 7 heteroatoms. The monoisotopic (exact) mass is 408 g/mol. The molecule has 3 aromatic rings. The zero-order valence-electron chi connectivity index (χ0n) is 15.0. The Morgan fingerprint density at radius 3 is 1.96 bits per heavy atom. The van der Waals surface area contributed by atoms with Gasteiger partial charge in [-0.2, -0.15) is 10.2 Å². The van der Waals surface area contributed by atoms with E-state index in [2.05, 4.69) is 5.20 Å². The third-order valence-corrected chi connectivity index (χ3v) is 7.44. The van der Waals surface area contributed by atoms with Gasteiger partial charge in [-0.1, -0.05) is 48.5 Å². The fourth-order valence-corrected chi connectivity index (χ4v) is 5.57. The summed E-state index contributed by atoms with van der Waals surface area (Å²) in [5.41, 5.74) is 1.62. The van der Waals surface area contributed by atoms with Crippen molar-refractivity contribution in [2.45, 2.75) is 6.92 Å². The smallest absolute Gasteiger partial charge is 0.276 e. The highest BCUT2D eigenvalue weighted by atomic mass is 32.4. The summed E-state index contributed by atoms with van der Waals surface area (Å²) in [4.78, 5) is 25.6. The Labute approximate surface area is 168 Å². The van der Waals surface area contributed by atoms with Gasteiger partial charge in [0.15, 0.2) is 0 Å². The molecule has 4 rings (SSSR count). The highest BCUT2D eigenvalue weighted by Gasteiger charge is 2.39. The highest BCUT2D eigenvalue weighted by molar-refractivity contribution is 8.15. The van der Waals surface area contributed by atoms with Crippen molar-refractivity contribution in [2.24, 2.45) is 0 Å². The van der Waals surface area contributed by atoms with Crippen molar-refractivity contribution < 1.29 is 14.1 Å². The molecule has 0 saturated carbocycles. The maximum absolute atomic E-state index is 12.8. The maximum atomic E-state index is 12.8. The van der Waals surface area contributed by atoms with Crippen molar-refractivity contribution in [3.8, 4) is 5.75 Å². The SMILES string of the molecule is Cc1ccccc1OP(=S)(NN1C(=O)c2ccccc2C1=O)c1ccccc1. The number of imide groups is 1. The summed E-state index contributed by atoms with van der Waals surface area (Å²) in [5, 5.41) is 4.66. The largest absolute Gasteiger partial charge is 0.447 e. The molecule has 0 aromatic heterocycles. The highest BCUT2D eigenvalue weighted by Crippen LogP contribution is 2.44. The van der Waals surface area contributed by atoms with Crippen LogP contribution >= 0.6 is 6.42 Å². The molecule has 0 spiro atoms. The number of carbonyl (C=O) groups excluding carboxylic acids is 2. The molecule has 0 radical (unpaired) electrons. The normalized spacial score (nSPS) is 15.2. The zero-order valence-corrected chi connectivity index (χ0v) is 16.7. The number of aryl methyl sites for hydroxylation is 1. The van der Waals surface area contributed by atoms with E-state index >= 15 is 0 Å². The average molecular weight is 408 g/mol. The van der Waals surface area contributed by atoms with Crippen LogP contribution in [0.4, 0.5) is 0 Å². The second-order valence-corrected chi connectivity index (χ2v) is 9.88. The molecule has 1 atom stereocenters. The fourth-order valence-electron chi connectivity index (χ4n) is 2.96. The molecular formula is C21H17N2O3PS. The number of hydrogen-bond donors (Lipinski definition) is 1. The van der Waals surface area contributed by atoms with Gasteiger partial charge < -0.3 is 4.52 Å². The van der Waals surface area contributed by atoms with E-state index in [4.69, 9.17) is 16.3 Å². The van der Waals surface area contributed by atoms with E-state index in [9.17, 15) is 9.59 Å². The molecule has 140 valence electrons. The van der Waals surface area contributed by atoms with Crippen LogP contribution in [0.2, 0.25) is 0 Å². The molecule has 1 unspecified atom stereocenters. The van der Waals surface area contributed by atoms with Crippen LogP contribution in [-0.4, -0.2) is 16.8 Å². The van der Waals surface area contributed by atoms with E-state index in [0.29, 0.717) is 22.2 Å². The summed E-state index contributed by atoms with van der Waals surface area (Å²) in [7, 11) is 0. The topological polar surface area (TPSA) is 58.6 Å². The molecule has 2 amide bonds. The Kier molecular flexibility index (Phi) is 4.85. The van der Waals surface area contributed by atoms with Gasteiger partial charge in [0, 0.05) is 5.30 Å². The summed E-state index contributed by atoms with van der Waals surface area (Å²) >= 11 is 5.90. The zero-order chi connectivity index (χ0) is 19.7. The van der Waals surface area contributed by atoms with Gasteiger partial charge in [-0.25, -0.2) is 0 Å². The summed E-state index contributed by atoms with van der Waals surface area (Å²) in [5.74, 6) is -0.253. The van der Waals surface area contributed by atoms with Crippen molar-refractivity contribution in [3.05, 3.63) is 95.6 Å². The van der Waals surface area contributed by atoms with Gasteiger partial charge in [0.2, 0.25) is 6.42 Å². The average Bonchev–Trinajstić information content (AvgIpc) is 2.95. The third kappa shape index (κ3) is 3.27. The molecule has 1 aliphatic heterocycles. The van der Waals surface area contributed by atoms with Gasteiger partial charge in [-0.3, -0.25) is 9.59 Å². The number of fused-ring (bicyclic) bond motifs is 1. The van der Waals surface area contributed by atoms with E-state index in [1.165, 1.54) is 0 Å². The Balaban J connectivity index is 1.74. The van der Waals surface area contributed by atoms with Crippen LogP contribution in [0.5, 0.6) is 5.75 Å². The van der Waals surface area contributed by atoms with Crippen LogP contribution < -0.4 is 15.0 Å². The summed E-state index contributed by atoms with van der Waals surface area (Å²) in [6.45, 7) is 1.92. The molecule has 1 heterocycles. The van der Waals surface area contributed by atoms with E-state index in [1.54, 1.807) is 24.3 Å². The van der Waals surface area contributed by atoms with Crippen LogP contribution in [0.1, 0.15) is 26.3 Å². The fraction of sp³-hybridized carbons (Fsp3) is 0.0476. The van der Waals surface area contributed by atoms with E-state index in [0.717, 1.165) is 10.6 Å². The summed E-state index contributed by atoms with van der Waals surface area (Å²) < 4.78 is 6.24. The van der Waals surface area contributed by atoms with Crippen LogP contribution in [0.25, 0.3) is 0 Å². The number of amides is 2. The van der Waals surface area contributed by atoms with Crippen LogP contribution in [0.15, 0.2) is 78.9 Å². The second kappa shape index (κ2) is 7.32. The standard InChI is InChI=1S/C21H17N2O3PS/c1-15-9-5-8-14-19(15)26-27(28,16-10-3-2-4-11-16)22-23-20(24)17-12-6-7-13-18(17)21(23)25/h2-14H,1H3,(H,22,28). The number of hydrogen-bond acceptors (Lipinski definition) is 4. The van der Waals surface area contributed by atoms with Gasteiger partial charge in [0.25, 0.3) is 11.8 Å². The van der Waals surface area contributed by atoms with Crippen molar-refractivity contribution in [1.82, 2.24) is 10.2 Å². The Bertz CT molecular complexity index is 1080. The summed E-state index contributed by atoms with van der Waals surface area (Å²) in [6, 6.07) is 23.5. The molecule has 0 bridgehead atoms. The molecule has 1 aliphatic rings. The molecule has 0 aliphatic carbocycles. The molecule has 0 saturated heterocycles. The summed E-state index contributed by atoms with van der Waals surface area (Å²) in [6.07, 6.45) is -3.01. The van der Waals surface area contributed by atoms with Gasteiger partial charge in [0.1, 0.15) is 5.75 Å². The van der Waals surface area contributed by atoms with Crippen molar-refractivity contribution in [3.63, 3.8) is 0 Å². The predicted octanol–water partition coefficient (Wildman–Crippen LogP) is 3.81. The van der Waals surface area contributed by atoms with Crippen LogP contribution in [0.3, 0.4) is 0 Å². The molecule has 0 fully saturated rings. The van der Waals surface area contributed by atoms with Gasteiger partial charge in [-0.05, 0) is 54.6 Å². The van der Waals surface area contributed by atoms with E-state index < -0.39 is 18.2 Å². The number of carbonyl (C=O) groups is 2. The van der Waals surface area contributed by atoms with Gasteiger partial charge in [-0.15, -0.1) is 0 Å². The molecule has 3 aromatic carbocycles. The number of hydrazine groups is 1. The van der Waals surface area contributed by atoms with E-state index in [-0.39, 0.29) is 0 Å². The van der Waals surface area contributed by atoms with Gasteiger partial charge >= 0.3 is 0 Å². The first-order valence-electron chi connectivity index (χ1n) is 8.66. The van der Waals surface area contributed by atoms with Crippen LogP contribution in [-0.2, 0) is 11.8 Å². The number of nitrogens with zero attached hydrogens (tertiary/aromatic N) is 1. The Morgan fingerprint density at radius 2 is 1.36 bits per heavy atom. The Hall–Kier alpha value is -2.79. The van der Waals surface area contributed by atoms with Crippen molar-refractivity contribution in [1.29, 1.82) is 0 Å².